The lowest BCUT2D eigenvalue weighted by Crippen LogP contribution is -1.94. The number of nitriles is 1. The van der Waals surface area contributed by atoms with Crippen molar-refractivity contribution in [3.63, 3.8) is 0 Å². The zero-order valence-electron chi connectivity index (χ0n) is 10.5. The summed E-state index contributed by atoms with van der Waals surface area (Å²) in [7, 11) is 0. The van der Waals surface area contributed by atoms with Crippen LogP contribution in [-0.4, -0.2) is 9.78 Å². The SMILES string of the molecule is N#Cc1ccc(-n2cc(-c3ccccc3)cn2)cc1Br. The van der Waals surface area contributed by atoms with Crippen molar-refractivity contribution in [3.8, 4) is 22.9 Å². The van der Waals surface area contributed by atoms with Crippen LogP contribution in [0.3, 0.4) is 0 Å². The predicted molar refractivity (Wildman–Crippen MR) is 81.4 cm³/mol. The van der Waals surface area contributed by atoms with Gasteiger partial charge in [0.1, 0.15) is 6.07 Å². The van der Waals surface area contributed by atoms with E-state index in [-0.39, 0.29) is 0 Å². The highest BCUT2D eigenvalue weighted by atomic mass is 79.9. The van der Waals surface area contributed by atoms with E-state index < -0.39 is 0 Å². The minimum atomic E-state index is 0.615. The highest BCUT2D eigenvalue weighted by Gasteiger charge is 2.05. The molecule has 0 aliphatic heterocycles. The number of rotatable bonds is 2. The molecule has 1 aromatic heterocycles. The molecule has 20 heavy (non-hydrogen) atoms. The van der Waals surface area contributed by atoms with E-state index in [0.29, 0.717) is 5.56 Å². The highest BCUT2D eigenvalue weighted by molar-refractivity contribution is 9.10. The normalized spacial score (nSPS) is 10.2. The Labute approximate surface area is 125 Å². The fourth-order valence-corrected chi connectivity index (χ4v) is 2.44. The van der Waals surface area contributed by atoms with Crippen LogP contribution in [0.5, 0.6) is 0 Å². The molecule has 3 nitrogen and oxygen atoms in total. The van der Waals surface area contributed by atoms with E-state index in [9.17, 15) is 0 Å². The number of aromatic nitrogens is 2. The second-order valence-electron chi connectivity index (χ2n) is 4.32. The Hall–Kier alpha value is -2.38. The fourth-order valence-electron chi connectivity index (χ4n) is 1.98. The lowest BCUT2D eigenvalue weighted by Gasteiger charge is -2.02. The molecule has 0 saturated carbocycles. The molecular formula is C16H10BrN3. The summed E-state index contributed by atoms with van der Waals surface area (Å²) < 4.78 is 2.57. The summed E-state index contributed by atoms with van der Waals surface area (Å²) in [5.74, 6) is 0. The Morgan fingerprint density at radius 3 is 2.55 bits per heavy atom. The first kappa shape index (κ1) is 12.6. The minimum absolute atomic E-state index is 0.615. The van der Waals surface area contributed by atoms with Gasteiger partial charge in [0.2, 0.25) is 0 Å². The zero-order valence-corrected chi connectivity index (χ0v) is 12.1. The molecule has 1 heterocycles. The number of nitrogens with zero attached hydrogens (tertiary/aromatic N) is 3. The molecule has 0 spiro atoms. The lowest BCUT2D eigenvalue weighted by molar-refractivity contribution is 0.879. The molecule has 0 radical (unpaired) electrons. The Morgan fingerprint density at radius 1 is 1.05 bits per heavy atom. The van der Waals surface area contributed by atoms with Gasteiger partial charge in [-0.15, -0.1) is 0 Å². The van der Waals surface area contributed by atoms with Gasteiger partial charge in [-0.1, -0.05) is 30.3 Å². The highest BCUT2D eigenvalue weighted by Crippen LogP contribution is 2.23. The molecule has 0 bridgehead atoms. The van der Waals surface area contributed by atoms with Crippen LogP contribution < -0.4 is 0 Å². The summed E-state index contributed by atoms with van der Waals surface area (Å²) in [6.07, 6.45) is 3.81. The van der Waals surface area contributed by atoms with Gasteiger partial charge in [0.05, 0.1) is 17.4 Å². The number of hydrogen-bond acceptors (Lipinski definition) is 2. The van der Waals surface area contributed by atoms with Gasteiger partial charge in [-0.3, -0.25) is 0 Å². The third-order valence-electron chi connectivity index (χ3n) is 3.03. The maximum Gasteiger partial charge on any atom is 0.100 e. The third kappa shape index (κ3) is 2.36. The van der Waals surface area contributed by atoms with Crippen molar-refractivity contribution in [2.24, 2.45) is 0 Å². The average Bonchev–Trinajstić information content (AvgIpc) is 2.98. The summed E-state index contributed by atoms with van der Waals surface area (Å²) in [5.41, 5.74) is 3.72. The largest absolute Gasteiger partial charge is 0.240 e. The van der Waals surface area contributed by atoms with E-state index >= 15 is 0 Å². The van der Waals surface area contributed by atoms with E-state index in [2.05, 4.69) is 39.2 Å². The van der Waals surface area contributed by atoms with E-state index in [0.717, 1.165) is 21.3 Å². The average molecular weight is 324 g/mol. The second kappa shape index (κ2) is 5.32. The Morgan fingerprint density at radius 2 is 1.85 bits per heavy atom. The van der Waals surface area contributed by atoms with Crippen molar-refractivity contribution in [1.29, 1.82) is 5.26 Å². The van der Waals surface area contributed by atoms with Gasteiger partial charge >= 0.3 is 0 Å². The molecule has 0 saturated heterocycles. The molecule has 2 aromatic carbocycles. The monoisotopic (exact) mass is 323 g/mol. The molecule has 0 aliphatic carbocycles. The van der Waals surface area contributed by atoms with E-state index in [1.165, 1.54) is 0 Å². The van der Waals surface area contributed by atoms with Gasteiger partial charge in [0.25, 0.3) is 0 Å². The molecule has 3 aromatic rings. The van der Waals surface area contributed by atoms with Crippen molar-refractivity contribution in [2.75, 3.05) is 0 Å². The molecule has 0 N–H and O–H groups in total. The van der Waals surface area contributed by atoms with Gasteiger partial charge in [-0.25, -0.2) is 4.68 Å². The van der Waals surface area contributed by atoms with E-state index in [1.807, 2.05) is 42.7 Å². The van der Waals surface area contributed by atoms with Gasteiger partial charge in [-0.2, -0.15) is 10.4 Å². The third-order valence-corrected chi connectivity index (χ3v) is 3.68. The molecule has 0 unspecified atom stereocenters. The second-order valence-corrected chi connectivity index (χ2v) is 5.17. The fraction of sp³-hybridized carbons (Fsp3) is 0. The van der Waals surface area contributed by atoms with Crippen LogP contribution in [0.15, 0.2) is 65.4 Å². The molecular weight excluding hydrogens is 314 g/mol. The smallest absolute Gasteiger partial charge is 0.100 e. The summed E-state index contributed by atoms with van der Waals surface area (Å²) in [6.45, 7) is 0. The topological polar surface area (TPSA) is 41.6 Å². The first-order valence-electron chi connectivity index (χ1n) is 6.08. The van der Waals surface area contributed by atoms with Gasteiger partial charge < -0.3 is 0 Å². The number of hydrogen-bond donors (Lipinski definition) is 0. The maximum atomic E-state index is 8.93. The van der Waals surface area contributed by atoms with Crippen molar-refractivity contribution in [2.45, 2.75) is 0 Å². The summed E-state index contributed by atoms with van der Waals surface area (Å²) >= 11 is 3.39. The first-order valence-corrected chi connectivity index (χ1v) is 6.87. The Bertz CT molecular complexity index is 785. The van der Waals surface area contributed by atoms with Crippen molar-refractivity contribution in [1.82, 2.24) is 9.78 Å². The van der Waals surface area contributed by atoms with Crippen LogP contribution in [0.2, 0.25) is 0 Å². The standard InChI is InChI=1S/C16H10BrN3/c17-16-8-15(7-6-13(16)9-18)20-11-14(10-19-20)12-4-2-1-3-5-12/h1-8,10-11H. The Balaban J connectivity index is 1.99. The van der Waals surface area contributed by atoms with Crippen LogP contribution in [-0.2, 0) is 0 Å². The predicted octanol–water partition coefficient (Wildman–Crippen LogP) is 4.17. The molecule has 3 rings (SSSR count). The number of benzene rings is 2. The molecule has 0 aliphatic rings. The Kier molecular flexibility index (Phi) is 3.36. The summed E-state index contributed by atoms with van der Waals surface area (Å²) in [6, 6.07) is 17.8. The van der Waals surface area contributed by atoms with Crippen LogP contribution in [0, 0.1) is 11.3 Å². The van der Waals surface area contributed by atoms with Crippen LogP contribution in [0.4, 0.5) is 0 Å². The van der Waals surface area contributed by atoms with Crippen molar-refractivity contribution in [3.05, 3.63) is 71.0 Å². The zero-order chi connectivity index (χ0) is 13.9. The van der Waals surface area contributed by atoms with Crippen LogP contribution in [0.1, 0.15) is 5.56 Å². The quantitative estimate of drug-likeness (QED) is 0.710. The van der Waals surface area contributed by atoms with E-state index in [4.69, 9.17) is 5.26 Å². The summed E-state index contributed by atoms with van der Waals surface area (Å²) in [5, 5.41) is 13.3. The minimum Gasteiger partial charge on any atom is -0.240 e. The van der Waals surface area contributed by atoms with Gasteiger partial charge in [0, 0.05) is 16.2 Å². The molecule has 0 fully saturated rings. The summed E-state index contributed by atoms with van der Waals surface area (Å²) in [4.78, 5) is 0. The van der Waals surface area contributed by atoms with Crippen molar-refractivity contribution < 1.29 is 0 Å². The van der Waals surface area contributed by atoms with E-state index in [1.54, 1.807) is 10.7 Å². The first-order chi connectivity index (χ1) is 9.78. The molecule has 4 heteroatoms. The molecule has 96 valence electrons. The van der Waals surface area contributed by atoms with Gasteiger partial charge in [0.15, 0.2) is 0 Å². The number of halogens is 1. The maximum absolute atomic E-state index is 8.93. The molecule has 0 atom stereocenters. The van der Waals surface area contributed by atoms with Crippen LogP contribution >= 0.6 is 15.9 Å². The van der Waals surface area contributed by atoms with Crippen molar-refractivity contribution >= 4 is 15.9 Å². The van der Waals surface area contributed by atoms with Crippen LogP contribution in [0.25, 0.3) is 16.8 Å². The molecule has 0 amide bonds. The van der Waals surface area contributed by atoms with Gasteiger partial charge in [-0.05, 0) is 39.7 Å². The lowest BCUT2D eigenvalue weighted by atomic mass is 10.1.